The number of carboxylic acids is 1. The third-order valence-corrected chi connectivity index (χ3v) is 2.59. The van der Waals surface area contributed by atoms with Crippen molar-refractivity contribution in [1.82, 2.24) is 0 Å². The van der Waals surface area contributed by atoms with Gasteiger partial charge in [-0.2, -0.15) is 0 Å². The molecule has 0 radical (unpaired) electrons. The largest absolute Gasteiger partial charge is 0.481 e. The Labute approximate surface area is 83.2 Å². The highest BCUT2D eigenvalue weighted by atomic mass is 35.5. The molecule has 1 fully saturated rings. The second kappa shape index (κ2) is 3.66. The molecule has 2 atom stereocenters. The second-order valence-electron chi connectivity index (χ2n) is 3.92. The zero-order chi connectivity index (χ0) is 9.52. The number of halogens is 2. The molecule has 1 saturated carbocycles. The molecule has 1 aliphatic carbocycles. The predicted octanol–water partition coefficient (Wildman–Crippen LogP) is 2.64. The van der Waals surface area contributed by atoms with E-state index in [-0.39, 0.29) is 29.6 Å². The van der Waals surface area contributed by atoms with Gasteiger partial charge in [-0.25, -0.2) is 4.39 Å². The fourth-order valence-electron chi connectivity index (χ4n) is 1.71. The van der Waals surface area contributed by atoms with Crippen LogP contribution in [-0.2, 0) is 4.79 Å². The van der Waals surface area contributed by atoms with Gasteiger partial charge in [0.15, 0.2) is 0 Å². The Morgan fingerprint density at radius 2 is 2.00 bits per heavy atom. The highest BCUT2D eigenvalue weighted by molar-refractivity contribution is 5.85. The minimum absolute atomic E-state index is 0. The number of carbonyl (C=O) groups is 1. The molecule has 76 valence electrons. The van der Waals surface area contributed by atoms with Crippen LogP contribution >= 0.6 is 12.4 Å². The lowest BCUT2D eigenvalue weighted by Crippen LogP contribution is -2.02. The molecule has 0 bridgehead atoms. The molecule has 1 N–H and O–H groups in total. The van der Waals surface area contributed by atoms with Crippen molar-refractivity contribution in [3.63, 3.8) is 0 Å². The van der Waals surface area contributed by atoms with Crippen LogP contribution in [0.5, 0.6) is 0 Å². The summed E-state index contributed by atoms with van der Waals surface area (Å²) < 4.78 is 12.4. The molecule has 0 spiro atoms. The zero-order valence-electron chi connectivity index (χ0n) is 7.87. The van der Waals surface area contributed by atoms with Gasteiger partial charge in [-0.05, 0) is 24.3 Å². The van der Waals surface area contributed by atoms with E-state index >= 15 is 0 Å². The quantitative estimate of drug-likeness (QED) is 0.758. The van der Waals surface area contributed by atoms with E-state index in [0.29, 0.717) is 0 Å². The molecule has 0 aromatic heterocycles. The van der Waals surface area contributed by atoms with Crippen LogP contribution in [0.4, 0.5) is 4.39 Å². The van der Waals surface area contributed by atoms with E-state index in [9.17, 15) is 9.18 Å². The van der Waals surface area contributed by atoms with Crippen molar-refractivity contribution in [2.24, 2.45) is 17.3 Å². The van der Waals surface area contributed by atoms with Crippen LogP contribution in [0.15, 0.2) is 11.9 Å². The van der Waals surface area contributed by atoms with Gasteiger partial charge < -0.3 is 5.11 Å². The summed E-state index contributed by atoms with van der Waals surface area (Å²) in [7, 11) is 0. The van der Waals surface area contributed by atoms with Gasteiger partial charge in [0.05, 0.1) is 11.7 Å². The van der Waals surface area contributed by atoms with Crippen LogP contribution in [-0.4, -0.2) is 11.1 Å². The Balaban J connectivity index is 0.00000144. The number of hydrogen-bond donors (Lipinski definition) is 1. The van der Waals surface area contributed by atoms with Gasteiger partial charge in [-0.15, -0.1) is 12.4 Å². The van der Waals surface area contributed by atoms with Crippen LogP contribution in [0.25, 0.3) is 0 Å². The number of hydrogen-bond acceptors (Lipinski definition) is 1. The third kappa shape index (κ3) is 2.21. The van der Waals surface area contributed by atoms with Crippen LogP contribution < -0.4 is 0 Å². The minimum Gasteiger partial charge on any atom is -0.481 e. The maximum atomic E-state index is 12.4. The third-order valence-electron chi connectivity index (χ3n) is 2.59. The molecule has 0 aliphatic heterocycles. The van der Waals surface area contributed by atoms with Crippen LogP contribution in [0.2, 0.25) is 0 Å². The van der Waals surface area contributed by atoms with E-state index in [1.807, 2.05) is 13.8 Å². The van der Waals surface area contributed by atoms with Crippen molar-refractivity contribution >= 4 is 18.4 Å². The first-order valence-corrected chi connectivity index (χ1v) is 3.94. The van der Waals surface area contributed by atoms with E-state index in [1.165, 1.54) is 13.0 Å². The normalized spacial score (nSPS) is 30.6. The van der Waals surface area contributed by atoms with E-state index in [0.717, 1.165) is 0 Å². The monoisotopic (exact) mass is 208 g/mol. The average Bonchev–Trinajstić information content (AvgIpc) is 2.32. The maximum Gasteiger partial charge on any atom is 0.307 e. The van der Waals surface area contributed by atoms with Gasteiger partial charge in [-0.1, -0.05) is 13.8 Å². The van der Waals surface area contributed by atoms with Crippen molar-refractivity contribution in [2.75, 3.05) is 0 Å². The summed E-state index contributed by atoms with van der Waals surface area (Å²) in [5.41, 5.74) is -0.279. The van der Waals surface area contributed by atoms with Crippen LogP contribution in [0.1, 0.15) is 20.8 Å². The second-order valence-corrected chi connectivity index (χ2v) is 3.92. The van der Waals surface area contributed by atoms with E-state index in [2.05, 4.69) is 0 Å². The molecule has 0 aromatic carbocycles. The highest BCUT2D eigenvalue weighted by Gasteiger charge is 2.60. The Bertz CT molecular complexity index is 244. The van der Waals surface area contributed by atoms with Crippen LogP contribution in [0, 0.1) is 17.3 Å². The summed E-state index contributed by atoms with van der Waals surface area (Å²) in [6.07, 6.45) is 1.40. The summed E-state index contributed by atoms with van der Waals surface area (Å²) in [4.78, 5) is 10.6. The van der Waals surface area contributed by atoms with E-state index in [4.69, 9.17) is 5.11 Å². The van der Waals surface area contributed by atoms with Gasteiger partial charge in [0.2, 0.25) is 0 Å². The summed E-state index contributed by atoms with van der Waals surface area (Å²) >= 11 is 0. The molecule has 0 amide bonds. The highest BCUT2D eigenvalue weighted by Crippen LogP contribution is 2.59. The SMILES string of the molecule is CC(F)=CC1C(C(=O)O)C1(C)C.Cl. The van der Waals surface area contributed by atoms with Gasteiger partial charge in [0.25, 0.3) is 0 Å². The maximum absolute atomic E-state index is 12.4. The molecule has 0 aromatic rings. The van der Waals surface area contributed by atoms with Crippen molar-refractivity contribution in [2.45, 2.75) is 20.8 Å². The lowest BCUT2D eigenvalue weighted by atomic mass is 10.1. The molecular formula is C9H14ClFO2. The van der Waals surface area contributed by atoms with E-state index in [1.54, 1.807) is 0 Å². The molecule has 0 heterocycles. The average molecular weight is 209 g/mol. The molecule has 1 rings (SSSR count). The van der Waals surface area contributed by atoms with E-state index < -0.39 is 11.9 Å². The predicted molar refractivity (Wildman–Crippen MR) is 50.5 cm³/mol. The number of rotatable bonds is 2. The smallest absolute Gasteiger partial charge is 0.307 e. The molecular weight excluding hydrogens is 195 g/mol. The Hall–Kier alpha value is -0.570. The van der Waals surface area contributed by atoms with Crippen molar-refractivity contribution in [3.8, 4) is 0 Å². The van der Waals surface area contributed by atoms with Crippen molar-refractivity contribution in [3.05, 3.63) is 11.9 Å². The molecule has 1 aliphatic rings. The van der Waals surface area contributed by atoms with Crippen molar-refractivity contribution < 1.29 is 14.3 Å². The lowest BCUT2D eigenvalue weighted by molar-refractivity contribution is -0.139. The van der Waals surface area contributed by atoms with Gasteiger partial charge >= 0.3 is 5.97 Å². The lowest BCUT2D eigenvalue weighted by Gasteiger charge is -1.96. The Kier molecular flexibility index (Phi) is 3.50. The molecule has 2 nitrogen and oxygen atoms in total. The topological polar surface area (TPSA) is 37.3 Å². The summed E-state index contributed by atoms with van der Waals surface area (Å²) in [6.45, 7) is 5.03. The van der Waals surface area contributed by atoms with Gasteiger partial charge in [0, 0.05) is 0 Å². The standard InChI is InChI=1S/C9H13FO2.ClH/c1-5(10)4-6-7(8(11)12)9(6,2)3;/h4,6-7H,1-3H3,(H,11,12);1H. The number of carboxylic acid groups (broad SMARTS) is 1. The first kappa shape index (κ1) is 12.4. The Morgan fingerprint density at radius 1 is 1.54 bits per heavy atom. The summed E-state index contributed by atoms with van der Waals surface area (Å²) in [5, 5.41) is 8.72. The Morgan fingerprint density at radius 3 is 2.23 bits per heavy atom. The van der Waals surface area contributed by atoms with Crippen molar-refractivity contribution in [1.29, 1.82) is 0 Å². The molecule has 2 unspecified atom stereocenters. The fraction of sp³-hybridized carbons (Fsp3) is 0.667. The fourth-order valence-corrected chi connectivity index (χ4v) is 1.71. The van der Waals surface area contributed by atoms with Gasteiger partial charge in [0.1, 0.15) is 0 Å². The number of aliphatic carboxylic acids is 1. The number of allylic oxidation sites excluding steroid dienone is 2. The minimum atomic E-state index is -0.831. The summed E-state index contributed by atoms with van der Waals surface area (Å²) in [6, 6.07) is 0. The van der Waals surface area contributed by atoms with Crippen LogP contribution in [0.3, 0.4) is 0 Å². The molecule has 4 heteroatoms. The first-order valence-electron chi connectivity index (χ1n) is 3.94. The zero-order valence-corrected chi connectivity index (χ0v) is 8.69. The summed E-state index contributed by atoms with van der Waals surface area (Å²) in [5.74, 6) is -1.68. The first-order chi connectivity index (χ1) is 5.37. The molecule has 0 saturated heterocycles. The molecule has 13 heavy (non-hydrogen) atoms. The van der Waals surface area contributed by atoms with Gasteiger partial charge in [-0.3, -0.25) is 4.79 Å².